The number of nitrogens with two attached hydrogens (primary N) is 1. The third kappa shape index (κ3) is 7.64. The van der Waals surface area contributed by atoms with E-state index in [1.54, 1.807) is 6.07 Å². The zero-order valence-corrected chi connectivity index (χ0v) is 45.3. The number of allylic oxidation sites excluding steroid dienone is 4. The van der Waals surface area contributed by atoms with Crippen molar-refractivity contribution in [3.05, 3.63) is 82.5 Å². The van der Waals surface area contributed by atoms with Gasteiger partial charge in [-0.25, -0.2) is 0 Å². The van der Waals surface area contributed by atoms with Gasteiger partial charge in [0, 0.05) is 48.7 Å². The second kappa shape index (κ2) is 18.6. The number of aliphatic hydroxyl groups is 3. The molecule has 2 aliphatic heterocycles. The van der Waals surface area contributed by atoms with E-state index in [1.165, 1.54) is 24.0 Å². The Hall–Kier alpha value is -3.38. The molecule has 11 aliphatic rings. The number of phenolic OH excluding ortho intramolecular Hbond substituents is 1. The number of carbonyl (C=O) groups is 2. The standard InChI is InChI=1S/C64H89N3O7/c1-59(73)24-8-9-25-63-26-12-19-48(52(57(63)72)40-29-37(35-66-5)30-42(69)32-40)61(3)51-23-22-47-54(50(70)34-60(47,2)64(51,27-28-68)33-49(56(61)63)67-36-59)53-44-16-7-6-13-38(44)20-21-45(53)55(71)58-62(4,74-58)46-18-11-17-43(46)39-14-10-15-41(65)31-39/h10,12,14-15,19,29-32,38,43-46,48-49,51-53,55-56,58,66-69,71,73H,6-9,11,13,16-18,20-28,33-36,65H2,1-5H3. The van der Waals surface area contributed by atoms with Gasteiger partial charge >= 0.3 is 0 Å². The van der Waals surface area contributed by atoms with Gasteiger partial charge in [0.2, 0.25) is 0 Å². The lowest BCUT2D eigenvalue weighted by Crippen LogP contribution is -2.73. The van der Waals surface area contributed by atoms with Gasteiger partial charge in [0.25, 0.3) is 0 Å². The van der Waals surface area contributed by atoms with Gasteiger partial charge in [0.1, 0.15) is 17.6 Å². The average molecular weight is 1010 g/mol. The smallest absolute Gasteiger partial charge is 0.160 e. The molecule has 402 valence electrons. The number of aliphatic hydroxyl groups excluding tert-OH is 2. The molecule has 2 heterocycles. The molecule has 74 heavy (non-hydrogen) atoms. The van der Waals surface area contributed by atoms with Crippen LogP contribution in [0.2, 0.25) is 0 Å². The lowest BCUT2D eigenvalue weighted by molar-refractivity contribution is -0.220. The summed E-state index contributed by atoms with van der Waals surface area (Å²) in [5.74, 6) is 1.42. The molecule has 13 rings (SSSR count). The fourth-order valence-corrected chi connectivity index (χ4v) is 21.1. The van der Waals surface area contributed by atoms with E-state index in [9.17, 15) is 20.4 Å². The van der Waals surface area contributed by atoms with Gasteiger partial charge in [0.15, 0.2) is 5.78 Å². The van der Waals surface area contributed by atoms with Gasteiger partial charge in [-0.15, -0.1) is 0 Å². The Bertz CT molecular complexity index is 2590. The average Bonchev–Trinajstić information content (AvgIpc) is 3.77. The maximum Gasteiger partial charge on any atom is 0.160 e. The van der Waals surface area contributed by atoms with Crippen LogP contribution in [0.3, 0.4) is 0 Å². The maximum absolute atomic E-state index is 16.1. The van der Waals surface area contributed by atoms with Gasteiger partial charge in [0.05, 0.1) is 23.2 Å². The van der Waals surface area contributed by atoms with Gasteiger partial charge in [-0.1, -0.05) is 88.3 Å². The number of fused-ring (bicyclic) bond motifs is 6. The number of Topliss-reactive ketones (excluding diaryl/α,β-unsaturated/α-hetero) is 2. The van der Waals surface area contributed by atoms with Crippen molar-refractivity contribution < 1.29 is 34.8 Å². The Kier molecular flexibility index (Phi) is 12.9. The largest absolute Gasteiger partial charge is 0.508 e. The molecule has 8 N–H and O–H groups in total. The van der Waals surface area contributed by atoms with Crippen molar-refractivity contribution in [3.8, 4) is 5.75 Å². The quantitative estimate of drug-likeness (QED) is 0.0689. The Labute approximate surface area is 441 Å². The molecule has 0 amide bonds. The normalized spacial score (nSPS) is 46.1. The molecule has 10 heteroatoms. The molecule has 2 aromatic carbocycles. The van der Waals surface area contributed by atoms with E-state index < -0.39 is 44.9 Å². The molecule has 10 nitrogen and oxygen atoms in total. The number of β-amino-alcohol motifs (C(OH)–C–C–N with tert-alkyl or cyclic N) is 1. The summed E-state index contributed by atoms with van der Waals surface area (Å²) in [6, 6.07) is 14.0. The molecule has 1 spiro atoms. The van der Waals surface area contributed by atoms with Crippen LogP contribution in [0.1, 0.15) is 178 Å². The summed E-state index contributed by atoms with van der Waals surface area (Å²) in [6.45, 7) is 10.1. The van der Waals surface area contributed by atoms with Crippen LogP contribution in [0, 0.1) is 69.0 Å². The minimum Gasteiger partial charge on any atom is -0.508 e. The number of hydrogen-bond donors (Lipinski definition) is 7. The van der Waals surface area contributed by atoms with E-state index in [0.29, 0.717) is 68.7 Å². The van der Waals surface area contributed by atoms with Crippen molar-refractivity contribution in [3.63, 3.8) is 0 Å². The van der Waals surface area contributed by atoms with E-state index in [2.05, 4.69) is 67.8 Å². The summed E-state index contributed by atoms with van der Waals surface area (Å²) >= 11 is 0. The molecule has 2 aromatic rings. The Balaban J connectivity index is 0.974. The summed E-state index contributed by atoms with van der Waals surface area (Å²) in [6.07, 6.45) is 20.6. The van der Waals surface area contributed by atoms with E-state index in [1.807, 2.05) is 26.1 Å². The number of benzene rings is 2. The number of epoxide rings is 1. The van der Waals surface area contributed by atoms with Crippen LogP contribution in [0.4, 0.5) is 5.69 Å². The van der Waals surface area contributed by atoms with Crippen LogP contribution in [0.5, 0.6) is 5.75 Å². The monoisotopic (exact) mass is 1010 g/mol. The zero-order chi connectivity index (χ0) is 51.7. The van der Waals surface area contributed by atoms with Crippen molar-refractivity contribution in [1.82, 2.24) is 10.6 Å². The predicted molar refractivity (Wildman–Crippen MR) is 289 cm³/mol. The molecule has 8 fully saturated rings. The van der Waals surface area contributed by atoms with E-state index in [4.69, 9.17) is 10.5 Å². The predicted octanol–water partition coefficient (Wildman–Crippen LogP) is 10.2. The van der Waals surface area contributed by atoms with Crippen LogP contribution >= 0.6 is 0 Å². The number of hydrogen-bond acceptors (Lipinski definition) is 10. The molecule has 2 bridgehead atoms. The van der Waals surface area contributed by atoms with Crippen LogP contribution in [-0.2, 0) is 20.9 Å². The highest BCUT2D eigenvalue weighted by Gasteiger charge is 2.76. The molecule has 6 saturated carbocycles. The highest BCUT2D eigenvalue weighted by molar-refractivity contribution is 6.01. The van der Waals surface area contributed by atoms with Crippen LogP contribution in [0.15, 0.2) is 65.8 Å². The van der Waals surface area contributed by atoms with Crippen LogP contribution < -0.4 is 16.4 Å². The Morgan fingerprint density at radius 3 is 2.53 bits per heavy atom. The van der Waals surface area contributed by atoms with Crippen LogP contribution in [0.25, 0.3) is 0 Å². The number of nitrogens with one attached hydrogen (secondary N) is 2. The lowest BCUT2D eigenvalue weighted by atomic mass is 9.31. The zero-order valence-electron chi connectivity index (χ0n) is 45.3. The van der Waals surface area contributed by atoms with Crippen molar-refractivity contribution >= 4 is 17.3 Å². The minimum absolute atomic E-state index is 0.00712. The summed E-state index contributed by atoms with van der Waals surface area (Å²) in [7, 11) is 1.91. The van der Waals surface area contributed by atoms with E-state index in [0.717, 1.165) is 99.4 Å². The Morgan fingerprint density at radius 1 is 0.919 bits per heavy atom. The van der Waals surface area contributed by atoms with Gasteiger partial charge in [-0.3, -0.25) is 9.59 Å². The van der Waals surface area contributed by atoms with Crippen LogP contribution in [-0.4, -0.2) is 81.6 Å². The third-order valence-corrected chi connectivity index (χ3v) is 23.9. The summed E-state index contributed by atoms with van der Waals surface area (Å²) in [5.41, 5.74) is 8.96. The van der Waals surface area contributed by atoms with Gasteiger partial charge < -0.3 is 41.5 Å². The van der Waals surface area contributed by atoms with Crippen molar-refractivity contribution in [2.75, 3.05) is 25.9 Å². The molecular weight excluding hydrogens is 923 g/mol. The molecule has 9 aliphatic carbocycles. The molecular formula is C64H89N3O7. The highest BCUT2D eigenvalue weighted by Crippen LogP contribution is 2.79. The first-order valence-electron chi connectivity index (χ1n) is 29.7. The third-order valence-electron chi connectivity index (χ3n) is 23.9. The molecule has 0 radical (unpaired) electrons. The van der Waals surface area contributed by atoms with E-state index in [-0.39, 0.29) is 65.8 Å². The molecule has 0 aromatic heterocycles. The number of aromatic hydroxyl groups is 1. The molecule has 2 saturated heterocycles. The number of ether oxygens (including phenoxy) is 1. The molecule has 19 atom stereocenters. The highest BCUT2D eigenvalue weighted by atomic mass is 16.6. The number of anilines is 1. The summed E-state index contributed by atoms with van der Waals surface area (Å²) in [4.78, 5) is 32.0. The fourth-order valence-electron chi connectivity index (χ4n) is 21.1. The topological polar surface area (TPSA) is 178 Å². The first-order chi connectivity index (χ1) is 35.4. The van der Waals surface area contributed by atoms with Gasteiger partial charge in [-0.2, -0.15) is 0 Å². The van der Waals surface area contributed by atoms with Crippen molar-refractivity contribution in [1.29, 1.82) is 0 Å². The molecule has 19 unspecified atom stereocenters. The lowest BCUT2D eigenvalue weighted by Gasteiger charge is -2.73. The number of carbonyl (C=O) groups excluding carboxylic acids is 2. The minimum atomic E-state index is -0.928. The first kappa shape index (κ1) is 51.4. The Morgan fingerprint density at radius 2 is 1.73 bits per heavy atom. The van der Waals surface area contributed by atoms with Crippen molar-refractivity contribution in [2.24, 2.45) is 69.0 Å². The maximum atomic E-state index is 16.1. The second-order valence-electron chi connectivity index (χ2n) is 27.4. The fraction of sp³-hybridized carbons (Fsp3) is 0.719. The number of ketones is 2. The first-order valence-corrected chi connectivity index (χ1v) is 29.7. The summed E-state index contributed by atoms with van der Waals surface area (Å²) in [5, 5.41) is 55.4. The number of rotatable bonds is 10. The summed E-state index contributed by atoms with van der Waals surface area (Å²) < 4.78 is 6.88. The number of phenols is 1. The SMILES string of the molecule is CNCc1cc(O)cc(C2C(=O)C34CC=CC2C2(C)C3C(CC3(CCO)C2CCC2=C(C5C6CCCCC6CCC5C(O)C5OC5(C)C5CCCC5c5cccc(N)c5)C(=O)CC23C)NCC(C)(O)CCCC4)c1. The van der Waals surface area contributed by atoms with E-state index >= 15 is 9.59 Å². The second-order valence-corrected chi connectivity index (χ2v) is 27.4. The van der Waals surface area contributed by atoms with Gasteiger partial charge in [-0.05, 0) is 209 Å². The number of nitrogen functional groups attached to an aromatic ring is 1. The van der Waals surface area contributed by atoms with Crippen molar-refractivity contribution in [2.45, 2.75) is 198 Å².